The van der Waals surface area contributed by atoms with Crippen LogP contribution in [0.1, 0.15) is 39.0 Å². The molecule has 0 spiro atoms. The molecule has 27 heavy (non-hydrogen) atoms. The third-order valence-electron chi connectivity index (χ3n) is 4.03. The van der Waals surface area contributed by atoms with Crippen molar-refractivity contribution in [3.63, 3.8) is 0 Å². The third-order valence-corrected chi connectivity index (χ3v) is 4.03. The molecule has 0 aliphatic carbocycles. The highest BCUT2D eigenvalue weighted by atomic mass is 127. The molecule has 0 aliphatic heterocycles. The lowest BCUT2D eigenvalue weighted by atomic mass is 9.87. The zero-order chi connectivity index (χ0) is 19.0. The van der Waals surface area contributed by atoms with Crippen LogP contribution < -0.4 is 15.4 Å². The topological polar surface area (TPSA) is 63.5 Å². The first-order valence-electron chi connectivity index (χ1n) is 9.12. The van der Waals surface area contributed by atoms with E-state index in [1.165, 1.54) is 5.56 Å². The molecule has 1 aromatic carbocycles. The molecular formula is C20H32IN5O. The van der Waals surface area contributed by atoms with Crippen LogP contribution in [0.25, 0.3) is 0 Å². The van der Waals surface area contributed by atoms with Crippen molar-refractivity contribution in [3.05, 3.63) is 47.8 Å². The molecule has 2 rings (SSSR count). The molecule has 0 radical (unpaired) electrons. The van der Waals surface area contributed by atoms with Gasteiger partial charge in [-0.05, 0) is 36.1 Å². The highest BCUT2D eigenvalue weighted by Crippen LogP contribution is 2.25. The van der Waals surface area contributed by atoms with Gasteiger partial charge < -0.3 is 15.4 Å². The number of hydrogen-bond donors (Lipinski definition) is 2. The van der Waals surface area contributed by atoms with Crippen LogP contribution in [0.4, 0.5) is 0 Å². The Labute approximate surface area is 179 Å². The van der Waals surface area contributed by atoms with Gasteiger partial charge in [0.05, 0.1) is 18.8 Å². The summed E-state index contributed by atoms with van der Waals surface area (Å²) in [6.07, 6.45) is 1.78. The fourth-order valence-electron chi connectivity index (χ4n) is 2.45. The van der Waals surface area contributed by atoms with E-state index in [1.54, 1.807) is 6.20 Å². The second kappa shape index (κ2) is 11.2. The molecule has 1 aromatic heterocycles. The summed E-state index contributed by atoms with van der Waals surface area (Å²) in [6.45, 7) is 11.3. The fourth-order valence-corrected chi connectivity index (χ4v) is 2.45. The van der Waals surface area contributed by atoms with Gasteiger partial charge in [-0.1, -0.05) is 32.9 Å². The van der Waals surface area contributed by atoms with E-state index in [9.17, 15) is 0 Å². The Morgan fingerprint density at radius 2 is 2.00 bits per heavy atom. The summed E-state index contributed by atoms with van der Waals surface area (Å²) in [5, 5.41) is 10.7. The molecule has 0 saturated heterocycles. The van der Waals surface area contributed by atoms with Crippen LogP contribution in [-0.4, -0.2) is 35.4 Å². The first kappa shape index (κ1) is 23.3. The predicted octanol–water partition coefficient (Wildman–Crippen LogP) is 3.47. The fraction of sp³-hybridized carbons (Fsp3) is 0.500. The Morgan fingerprint density at radius 1 is 1.22 bits per heavy atom. The predicted molar refractivity (Wildman–Crippen MR) is 122 cm³/mol. The minimum atomic E-state index is 0. The zero-order valence-electron chi connectivity index (χ0n) is 17.0. The zero-order valence-corrected chi connectivity index (χ0v) is 19.3. The van der Waals surface area contributed by atoms with Crippen molar-refractivity contribution in [2.45, 2.75) is 39.7 Å². The summed E-state index contributed by atoms with van der Waals surface area (Å²) in [5.41, 5.74) is 2.46. The molecule has 6 nitrogen and oxygen atoms in total. The summed E-state index contributed by atoms with van der Waals surface area (Å²) in [4.78, 5) is 4.59. The van der Waals surface area contributed by atoms with Gasteiger partial charge in [0.25, 0.3) is 0 Å². The maximum atomic E-state index is 5.88. The smallest absolute Gasteiger partial charge is 0.191 e. The highest BCUT2D eigenvalue weighted by Gasteiger charge is 2.13. The van der Waals surface area contributed by atoms with Gasteiger partial charge in [-0.15, -0.1) is 24.0 Å². The van der Waals surface area contributed by atoms with Gasteiger partial charge in [0.1, 0.15) is 12.4 Å². The standard InChI is InChI=1S/C20H31N5O.HI/c1-6-21-19(23-15-17-10-11-24-25(17)5)22-12-13-26-18-9-7-8-16(14-18)20(2,3)4;/h7-11,14H,6,12-13,15H2,1-5H3,(H2,21,22,23);1H. The van der Waals surface area contributed by atoms with E-state index in [1.807, 2.05) is 29.9 Å². The largest absolute Gasteiger partial charge is 0.492 e. The average molecular weight is 485 g/mol. The maximum Gasteiger partial charge on any atom is 0.191 e. The van der Waals surface area contributed by atoms with E-state index in [0.29, 0.717) is 19.7 Å². The summed E-state index contributed by atoms with van der Waals surface area (Å²) in [7, 11) is 1.92. The third kappa shape index (κ3) is 7.78. The van der Waals surface area contributed by atoms with Gasteiger partial charge in [-0.3, -0.25) is 4.68 Å². The van der Waals surface area contributed by atoms with E-state index < -0.39 is 0 Å². The molecule has 0 bridgehead atoms. The van der Waals surface area contributed by atoms with Crippen LogP contribution in [-0.2, 0) is 19.0 Å². The quantitative estimate of drug-likeness (QED) is 0.273. The Balaban J connectivity index is 0.00000364. The summed E-state index contributed by atoms with van der Waals surface area (Å²) in [5.74, 6) is 1.68. The minimum Gasteiger partial charge on any atom is -0.492 e. The number of aryl methyl sites for hydroxylation is 1. The first-order chi connectivity index (χ1) is 12.4. The number of nitrogens with one attached hydrogen (secondary N) is 2. The lowest BCUT2D eigenvalue weighted by molar-refractivity contribution is 0.321. The number of halogens is 1. The molecular weight excluding hydrogens is 453 g/mol. The van der Waals surface area contributed by atoms with Crippen molar-refractivity contribution in [2.75, 3.05) is 19.7 Å². The van der Waals surface area contributed by atoms with Crippen LogP contribution in [0.5, 0.6) is 5.75 Å². The summed E-state index contributed by atoms with van der Waals surface area (Å²) < 4.78 is 7.71. The van der Waals surface area contributed by atoms with Crippen molar-refractivity contribution in [3.8, 4) is 5.75 Å². The van der Waals surface area contributed by atoms with Crippen molar-refractivity contribution in [1.82, 2.24) is 20.4 Å². The summed E-state index contributed by atoms with van der Waals surface area (Å²) >= 11 is 0. The Kier molecular flexibility index (Phi) is 9.62. The molecule has 7 heteroatoms. The van der Waals surface area contributed by atoms with Gasteiger partial charge in [-0.2, -0.15) is 5.10 Å². The first-order valence-corrected chi connectivity index (χ1v) is 9.12. The van der Waals surface area contributed by atoms with E-state index in [4.69, 9.17) is 4.74 Å². The number of aromatic nitrogens is 2. The van der Waals surface area contributed by atoms with Crippen LogP contribution in [0.2, 0.25) is 0 Å². The SMILES string of the molecule is CCNC(=NCc1ccnn1C)NCCOc1cccc(C(C)(C)C)c1.I. The van der Waals surface area contributed by atoms with E-state index >= 15 is 0 Å². The number of rotatable bonds is 7. The molecule has 0 amide bonds. The molecule has 0 fully saturated rings. The van der Waals surface area contributed by atoms with Gasteiger partial charge in [-0.25, -0.2) is 4.99 Å². The van der Waals surface area contributed by atoms with E-state index in [-0.39, 0.29) is 29.4 Å². The summed E-state index contributed by atoms with van der Waals surface area (Å²) in [6, 6.07) is 10.3. The van der Waals surface area contributed by atoms with Gasteiger partial charge in [0.15, 0.2) is 5.96 Å². The Morgan fingerprint density at radius 3 is 2.63 bits per heavy atom. The molecule has 0 unspecified atom stereocenters. The van der Waals surface area contributed by atoms with Crippen molar-refractivity contribution in [1.29, 1.82) is 0 Å². The Bertz CT molecular complexity index is 721. The van der Waals surface area contributed by atoms with Gasteiger partial charge in [0, 0.05) is 19.8 Å². The monoisotopic (exact) mass is 485 g/mol. The highest BCUT2D eigenvalue weighted by molar-refractivity contribution is 14.0. The van der Waals surface area contributed by atoms with Crippen molar-refractivity contribution >= 4 is 29.9 Å². The number of ether oxygens (including phenoxy) is 1. The number of aliphatic imine (C=N–C) groups is 1. The van der Waals surface area contributed by atoms with Crippen molar-refractivity contribution < 1.29 is 4.74 Å². The molecule has 1 heterocycles. The van der Waals surface area contributed by atoms with Crippen LogP contribution >= 0.6 is 24.0 Å². The Hall–Kier alpha value is -1.77. The lowest BCUT2D eigenvalue weighted by Crippen LogP contribution is -2.39. The molecule has 2 aromatic rings. The molecule has 0 atom stereocenters. The number of nitrogens with zero attached hydrogens (tertiary/aromatic N) is 3. The number of guanidine groups is 1. The second-order valence-corrected chi connectivity index (χ2v) is 7.19. The number of hydrogen-bond acceptors (Lipinski definition) is 3. The maximum absolute atomic E-state index is 5.88. The van der Waals surface area contributed by atoms with E-state index in [2.05, 4.69) is 60.6 Å². The molecule has 2 N–H and O–H groups in total. The molecule has 0 aliphatic rings. The second-order valence-electron chi connectivity index (χ2n) is 7.19. The van der Waals surface area contributed by atoms with Crippen LogP contribution in [0.15, 0.2) is 41.5 Å². The molecule has 150 valence electrons. The lowest BCUT2D eigenvalue weighted by Gasteiger charge is -2.20. The average Bonchev–Trinajstić information content (AvgIpc) is 3.01. The van der Waals surface area contributed by atoms with E-state index in [0.717, 1.165) is 23.9 Å². The van der Waals surface area contributed by atoms with Gasteiger partial charge >= 0.3 is 0 Å². The van der Waals surface area contributed by atoms with Crippen LogP contribution in [0.3, 0.4) is 0 Å². The normalized spacial score (nSPS) is 11.7. The van der Waals surface area contributed by atoms with Crippen LogP contribution in [0, 0.1) is 0 Å². The number of benzene rings is 1. The van der Waals surface area contributed by atoms with Gasteiger partial charge in [0.2, 0.25) is 0 Å². The minimum absolute atomic E-state index is 0. The molecule has 0 saturated carbocycles. The van der Waals surface area contributed by atoms with Crippen molar-refractivity contribution in [2.24, 2.45) is 12.0 Å².